The second-order valence-electron chi connectivity index (χ2n) is 6.41. The van der Waals surface area contributed by atoms with Crippen LogP contribution in [0.3, 0.4) is 0 Å². The van der Waals surface area contributed by atoms with Gasteiger partial charge in [0.2, 0.25) is 0 Å². The molecule has 1 fully saturated rings. The molecule has 0 saturated heterocycles. The maximum atomic E-state index is 2.47. The van der Waals surface area contributed by atoms with Gasteiger partial charge >= 0.3 is 0 Å². The maximum absolute atomic E-state index is 2.47. The number of hydrogen-bond donors (Lipinski definition) is 0. The van der Waals surface area contributed by atoms with Gasteiger partial charge in [-0.15, -0.1) is 0 Å². The van der Waals surface area contributed by atoms with Gasteiger partial charge in [-0.3, -0.25) is 0 Å². The SMILES string of the molecule is CC1=CCC2=C1[C@H]1[C@@H](CC[C@H]2C)C1(C)C. The Morgan fingerprint density at radius 2 is 2.00 bits per heavy atom. The molecule has 3 aliphatic rings. The lowest BCUT2D eigenvalue weighted by Crippen LogP contribution is -2.04. The fraction of sp³-hybridized carbons (Fsp3) is 0.733. The highest BCUT2D eigenvalue weighted by atomic mass is 14.6. The Kier molecular flexibility index (Phi) is 1.80. The quantitative estimate of drug-likeness (QED) is 0.548. The van der Waals surface area contributed by atoms with Crippen molar-refractivity contribution in [2.24, 2.45) is 23.2 Å². The van der Waals surface area contributed by atoms with Crippen molar-refractivity contribution in [3.8, 4) is 0 Å². The molecule has 0 amide bonds. The third kappa shape index (κ3) is 1.14. The molecule has 0 nitrogen and oxygen atoms in total. The molecule has 0 aromatic rings. The summed E-state index contributed by atoms with van der Waals surface area (Å²) in [4.78, 5) is 0. The zero-order valence-corrected chi connectivity index (χ0v) is 10.4. The van der Waals surface area contributed by atoms with E-state index < -0.39 is 0 Å². The van der Waals surface area contributed by atoms with E-state index in [0.29, 0.717) is 5.41 Å². The first-order valence-electron chi connectivity index (χ1n) is 6.43. The van der Waals surface area contributed by atoms with Crippen LogP contribution in [0.15, 0.2) is 22.8 Å². The Morgan fingerprint density at radius 1 is 1.27 bits per heavy atom. The van der Waals surface area contributed by atoms with Gasteiger partial charge in [-0.25, -0.2) is 0 Å². The summed E-state index contributed by atoms with van der Waals surface area (Å²) in [5.41, 5.74) is 5.75. The van der Waals surface area contributed by atoms with E-state index >= 15 is 0 Å². The first kappa shape index (κ1) is 9.69. The van der Waals surface area contributed by atoms with E-state index in [2.05, 4.69) is 33.8 Å². The molecule has 82 valence electrons. The zero-order valence-electron chi connectivity index (χ0n) is 10.4. The first-order valence-corrected chi connectivity index (χ1v) is 6.43. The van der Waals surface area contributed by atoms with Crippen LogP contribution in [-0.2, 0) is 0 Å². The average molecular weight is 202 g/mol. The van der Waals surface area contributed by atoms with Gasteiger partial charge in [0.1, 0.15) is 0 Å². The highest BCUT2D eigenvalue weighted by Crippen LogP contribution is 2.68. The summed E-state index contributed by atoms with van der Waals surface area (Å²) < 4.78 is 0. The molecule has 0 heterocycles. The Balaban J connectivity index is 2.05. The monoisotopic (exact) mass is 202 g/mol. The Morgan fingerprint density at radius 3 is 2.73 bits per heavy atom. The molecule has 0 aliphatic heterocycles. The van der Waals surface area contributed by atoms with E-state index in [-0.39, 0.29) is 0 Å². The molecule has 0 N–H and O–H groups in total. The van der Waals surface area contributed by atoms with Crippen LogP contribution < -0.4 is 0 Å². The normalized spacial score (nSPS) is 41.9. The summed E-state index contributed by atoms with van der Waals surface area (Å²) in [7, 11) is 0. The fourth-order valence-corrected chi connectivity index (χ4v) is 4.11. The van der Waals surface area contributed by atoms with Crippen molar-refractivity contribution in [1.82, 2.24) is 0 Å². The van der Waals surface area contributed by atoms with E-state index in [1.54, 1.807) is 16.7 Å². The Bertz CT molecular complexity index is 367. The molecule has 0 radical (unpaired) electrons. The minimum absolute atomic E-state index is 0.597. The summed E-state index contributed by atoms with van der Waals surface area (Å²) >= 11 is 0. The van der Waals surface area contributed by atoms with Crippen LogP contribution in [0.25, 0.3) is 0 Å². The number of allylic oxidation sites excluding steroid dienone is 4. The van der Waals surface area contributed by atoms with E-state index in [1.807, 2.05) is 0 Å². The van der Waals surface area contributed by atoms with E-state index in [0.717, 1.165) is 17.8 Å². The van der Waals surface area contributed by atoms with E-state index in [4.69, 9.17) is 0 Å². The third-order valence-corrected chi connectivity index (χ3v) is 5.27. The lowest BCUT2D eigenvalue weighted by molar-refractivity contribution is 0.472. The summed E-state index contributed by atoms with van der Waals surface area (Å²) in [6.45, 7) is 9.69. The van der Waals surface area contributed by atoms with Crippen LogP contribution in [0.1, 0.15) is 47.0 Å². The number of hydrogen-bond acceptors (Lipinski definition) is 0. The van der Waals surface area contributed by atoms with Crippen LogP contribution in [0.4, 0.5) is 0 Å². The largest absolute Gasteiger partial charge is 0.0772 e. The van der Waals surface area contributed by atoms with Crippen LogP contribution in [0, 0.1) is 23.2 Å². The molecule has 0 aromatic carbocycles. The molecule has 1 saturated carbocycles. The molecule has 0 heteroatoms. The molecule has 3 atom stereocenters. The van der Waals surface area contributed by atoms with Gasteiger partial charge in [0.05, 0.1) is 0 Å². The second kappa shape index (κ2) is 2.78. The maximum Gasteiger partial charge on any atom is -0.00718 e. The molecule has 15 heavy (non-hydrogen) atoms. The molecule has 0 bridgehead atoms. The smallest absolute Gasteiger partial charge is 0.00718 e. The van der Waals surface area contributed by atoms with E-state index in [1.165, 1.54) is 19.3 Å². The van der Waals surface area contributed by atoms with Crippen LogP contribution in [0.5, 0.6) is 0 Å². The summed E-state index contributed by atoms with van der Waals surface area (Å²) in [6.07, 6.45) is 6.59. The number of fused-ring (bicyclic) bond motifs is 2. The molecular formula is C15H22. The van der Waals surface area contributed by atoms with Crippen molar-refractivity contribution in [2.45, 2.75) is 47.0 Å². The summed E-state index contributed by atoms with van der Waals surface area (Å²) in [6, 6.07) is 0. The molecule has 3 rings (SSSR count). The van der Waals surface area contributed by atoms with Crippen molar-refractivity contribution >= 4 is 0 Å². The standard InChI is InChI=1S/C15H22/c1-9-6-8-12-14(15(12,3)4)13-10(2)5-7-11(9)13/h5,9,12,14H,6-8H2,1-4H3/t9-,12-,14-/m1/s1. The predicted molar refractivity (Wildman–Crippen MR) is 64.6 cm³/mol. The first-order chi connectivity index (χ1) is 7.03. The van der Waals surface area contributed by atoms with Crippen LogP contribution in [0.2, 0.25) is 0 Å². The zero-order chi connectivity index (χ0) is 10.8. The second-order valence-corrected chi connectivity index (χ2v) is 6.41. The van der Waals surface area contributed by atoms with Crippen molar-refractivity contribution in [2.75, 3.05) is 0 Å². The highest BCUT2D eigenvalue weighted by molar-refractivity contribution is 5.49. The Labute approximate surface area is 93.5 Å². The molecule has 0 unspecified atom stereocenters. The topological polar surface area (TPSA) is 0 Å². The van der Waals surface area contributed by atoms with Crippen LogP contribution >= 0.6 is 0 Å². The van der Waals surface area contributed by atoms with Gasteiger partial charge < -0.3 is 0 Å². The lowest BCUT2D eigenvalue weighted by atomic mass is 9.88. The van der Waals surface area contributed by atoms with Crippen molar-refractivity contribution in [3.63, 3.8) is 0 Å². The minimum Gasteiger partial charge on any atom is -0.0772 e. The van der Waals surface area contributed by atoms with E-state index in [9.17, 15) is 0 Å². The van der Waals surface area contributed by atoms with Gasteiger partial charge in [0.15, 0.2) is 0 Å². The highest BCUT2D eigenvalue weighted by Gasteiger charge is 2.60. The Hall–Kier alpha value is -0.520. The molecule has 3 aliphatic carbocycles. The van der Waals surface area contributed by atoms with Gasteiger partial charge in [-0.1, -0.05) is 38.0 Å². The van der Waals surface area contributed by atoms with Gasteiger partial charge in [0.25, 0.3) is 0 Å². The van der Waals surface area contributed by atoms with Crippen molar-refractivity contribution in [1.29, 1.82) is 0 Å². The van der Waals surface area contributed by atoms with Gasteiger partial charge in [0, 0.05) is 0 Å². The molecule has 0 aromatic heterocycles. The summed E-state index contributed by atoms with van der Waals surface area (Å²) in [5.74, 6) is 2.72. The van der Waals surface area contributed by atoms with Crippen LogP contribution in [-0.4, -0.2) is 0 Å². The summed E-state index contributed by atoms with van der Waals surface area (Å²) in [5, 5.41) is 0. The van der Waals surface area contributed by atoms with Gasteiger partial charge in [-0.05, 0) is 54.9 Å². The van der Waals surface area contributed by atoms with Gasteiger partial charge in [-0.2, -0.15) is 0 Å². The lowest BCUT2D eigenvalue weighted by Gasteiger charge is -2.17. The molecular weight excluding hydrogens is 180 g/mol. The third-order valence-electron chi connectivity index (χ3n) is 5.27. The number of rotatable bonds is 0. The molecule has 0 spiro atoms. The fourth-order valence-electron chi connectivity index (χ4n) is 4.11. The van der Waals surface area contributed by atoms with Crippen molar-refractivity contribution in [3.05, 3.63) is 22.8 Å². The average Bonchev–Trinajstić information content (AvgIpc) is 2.55. The minimum atomic E-state index is 0.597. The predicted octanol–water partition coefficient (Wildman–Crippen LogP) is 4.34. The van der Waals surface area contributed by atoms with Crippen molar-refractivity contribution < 1.29 is 0 Å².